The lowest BCUT2D eigenvalue weighted by atomic mass is 10.1. The number of rotatable bonds is 9. The fraction of sp³-hybridized carbons (Fsp3) is 0.625. The Hall–Kier alpha value is -1.85. The van der Waals surface area contributed by atoms with Gasteiger partial charge in [0, 0.05) is 48.4 Å². The lowest BCUT2D eigenvalue weighted by molar-refractivity contribution is 0.0321. The van der Waals surface area contributed by atoms with Crippen LogP contribution in [0.15, 0.2) is 24.4 Å². The zero-order chi connectivity index (χ0) is 20.2. The van der Waals surface area contributed by atoms with Crippen molar-refractivity contribution in [2.75, 3.05) is 20.3 Å². The molecule has 4 unspecified atom stereocenters. The largest absolute Gasteiger partial charge is 0.495 e. The van der Waals surface area contributed by atoms with E-state index in [-0.39, 0.29) is 5.78 Å². The van der Waals surface area contributed by atoms with Crippen molar-refractivity contribution in [3.05, 3.63) is 30.0 Å². The minimum Gasteiger partial charge on any atom is -0.495 e. The van der Waals surface area contributed by atoms with Crippen molar-refractivity contribution in [1.29, 1.82) is 0 Å². The van der Waals surface area contributed by atoms with Gasteiger partial charge in [0.2, 0.25) is 0 Å². The van der Waals surface area contributed by atoms with Gasteiger partial charge in [-0.3, -0.25) is 9.69 Å². The van der Waals surface area contributed by atoms with Gasteiger partial charge >= 0.3 is 0 Å². The molecule has 0 amide bonds. The normalized spacial score (nSPS) is 30.5. The van der Waals surface area contributed by atoms with Crippen LogP contribution in [0.2, 0.25) is 0 Å². The quantitative estimate of drug-likeness (QED) is 0.469. The second-order valence-electron chi connectivity index (χ2n) is 9.41. The molecule has 1 saturated heterocycles. The second-order valence-corrected chi connectivity index (χ2v) is 9.41. The standard InChI is InChI=1S/C24H32N2O3/c1-16(27)20-14-25(23-19(20)6-4-7-21(23)28-3)10-5-11-26-22-12-18(13-24(22,26)2)29-15-17-8-9-17/h4,6-7,14,17-18,22H,5,8-13,15H2,1-3H3. The Balaban J connectivity index is 1.21. The van der Waals surface area contributed by atoms with Crippen LogP contribution in [-0.2, 0) is 11.3 Å². The molecule has 1 aromatic carbocycles. The average Bonchev–Trinajstić information content (AvgIpc) is 3.54. The minimum absolute atomic E-state index is 0.104. The number of piperidine rings is 1. The summed E-state index contributed by atoms with van der Waals surface area (Å²) in [7, 11) is 1.69. The summed E-state index contributed by atoms with van der Waals surface area (Å²) in [6.07, 6.45) is 8.64. The van der Waals surface area contributed by atoms with E-state index in [9.17, 15) is 4.79 Å². The Bertz CT molecular complexity index is 932. The highest BCUT2D eigenvalue weighted by Gasteiger charge is 2.64. The Labute approximate surface area is 173 Å². The van der Waals surface area contributed by atoms with Gasteiger partial charge in [-0.1, -0.05) is 12.1 Å². The Morgan fingerprint density at radius 2 is 2.10 bits per heavy atom. The zero-order valence-electron chi connectivity index (χ0n) is 17.8. The molecule has 3 fully saturated rings. The Morgan fingerprint density at radius 3 is 2.76 bits per heavy atom. The molecule has 0 radical (unpaired) electrons. The molecular weight excluding hydrogens is 364 g/mol. The van der Waals surface area contributed by atoms with Crippen LogP contribution in [0.5, 0.6) is 5.75 Å². The number of aromatic nitrogens is 1. The Morgan fingerprint density at radius 1 is 1.28 bits per heavy atom. The number of nitrogens with zero attached hydrogens (tertiary/aromatic N) is 2. The topological polar surface area (TPSA) is 43.5 Å². The maximum atomic E-state index is 12.1. The molecule has 4 atom stereocenters. The van der Waals surface area contributed by atoms with E-state index >= 15 is 0 Å². The van der Waals surface area contributed by atoms with Crippen LogP contribution in [0.3, 0.4) is 0 Å². The first kappa shape index (κ1) is 19.1. The molecular formula is C24H32N2O3. The third kappa shape index (κ3) is 3.38. The summed E-state index contributed by atoms with van der Waals surface area (Å²) >= 11 is 0. The zero-order valence-corrected chi connectivity index (χ0v) is 17.8. The highest BCUT2D eigenvalue weighted by atomic mass is 16.5. The number of hydrogen-bond acceptors (Lipinski definition) is 4. The molecule has 1 aliphatic heterocycles. The average molecular weight is 397 g/mol. The molecule has 5 rings (SSSR count). The van der Waals surface area contributed by atoms with E-state index in [0.29, 0.717) is 17.7 Å². The van der Waals surface area contributed by atoms with E-state index in [1.165, 1.54) is 25.7 Å². The van der Waals surface area contributed by atoms with Crippen molar-refractivity contribution >= 4 is 16.7 Å². The first-order chi connectivity index (χ1) is 14.0. The van der Waals surface area contributed by atoms with Gasteiger partial charge in [-0.15, -0.1) is 0 Å². The first-order valence-electron chi connectivity index (χ1n) is 11.1. The lowest BCUT2D eigenvalue weighted by Gasteiger charge is -2.20. The van der Waals surface area contributed by atoms with Gasteiger partial charge in [0.25, 0.3) is 0 Å². The van der Waals surface area contributed by atoms with Crippen LogP contribution in [0.1, 0.15) is 56.3 Å². The smallest absolute Gasteiger partial charge is 0.161 e. The van der Waals surface area contributed by atoms with Crippen molar-refractivity contribution in [2.45, 2.75) is 70.2 Å². The summed E-state index contributed by atoms with van der Waals surface area (Å²) in [4.78, 5) is 14.7. The summed E-state index contributed by atoms with van der Waals surface area (Å²) in [5, 5.41) is 0.989. The third-order valence-electron chi connectivity index (χ3n) is 7.33. The van der Waals surface area contributed by atoms with Crippen molar-refractivity contribution in [3.8, 4) is 5.75 Å². The van der Waals surface area contributed by atoms with Gasteiger partial charge in [-0.25, -0.2) is 0 Å². The summed E-state index contributed by atoms with van der Waals surface area (Å²) < 4.78 is 13.9. The molecule has 2 aromatic rings. The molecule has 2 saturated carbocycles. The maximum Gasteiger partial charge on any atom is 0.161 e. The van der Waals surface area contributed by atoms with Gasteiger partial charge in [0.1, 0.15) is 5.75 Å². The number of hydrogen-bond donors (Lipinski definition) is 0. The van der Waals surface area contributed by atoms with Gasteiger partial charge < -0.3 is 14.0 Å². The number of para-hydroxylation sites is 1. The van der Waals surface area contributed by atoms with E-state index in [2.05, 4.69) is 16.4 Å². The molecule has 5 heteroatoms. The van der Waals surface area contributed by atoms with Crippen LogP contribution in [0.4, 0.5) is 0 Å². The number of aryl methyl sites for hydroxylation is 1. The molecule has 0 bridgehead atoms. The van der Waals surface area contributed by atoms with Crippen molar-refractivity contribution in [2.24, 2.45) is 5.92 Å². The molecule has 2 aliphatic carbocycles. The van der Waals surface area contributed by atoms with Crippen molar-refractivity contribution in [3.63, 3.8) is 0 Å². The predicted octanol–water partition coefficient (Wildman–Crippen LogP) is 4.27. The molecule has 0 spiro atoms. The third-order valence-corrected chi connectivity index (χ3v) is 7.33. The van der Waals surface area contributed by atoms with Crippen molar-refractivity contribution < 1.29 is 14.3 Å². The van der Waals surface area contributed by atoms with Gasteiger partial charge in [-0.05, 0) is 57.9 Å². The molecule has 0 N–H and O–H groups in total. The van der Waals surface area contributed by atoms with Gasteiger partial charge in [-0.2, -0.15) is 0 Å². The summed E-state index contributed by atoms with van der Waals surface area (Å²) in [5.41, 5.74) is 2.16. The highest BCUT2D eigenvalue weighted by Crippen LogP contribution is 2.53. The number of carbonyl (C=O) groups excluding carboxylic acids is 1. The summed E-state index contributed by atoms with van der Waals surface area (Å²) in [6, 6.07) is 6.64. The molecule has 29 heavy (non-hydrogen) atoms. The predicted molar refractivity (Wildman–Crippen MR) is 114 cm³/mol. The van der Waals surface area contributed by atoms with E-state index in [1.807, 2.05) is 24.4 Å². The van der Waals surface area contributed by atoms with E-state index in [4.69, 9.17) is 9.47 Å². The van der Waals surface area contributed by atoms with Gasteiger partial charge in [0.05, 0.1) is 18.7 Å². The molecule has 1 aromatic heterocycles. The SMILES string of the molecule is COc1cccc2c(C(C)=O)cn(CCCN3C4CC(OCC5CC5)CC43C)c12. The monoisotopic (exact) mass is 396 g/mol. The van der Waals surface area contributed by atoms with E-state index < -0.39 is 0 Å². The fourth-order valence-electron chi connectivity index (χ4n) is 5.46. The fourth-order valence-corrected chi connectivity index (χ4v) is 5.46. The summed E-state index contributed by atoms with van der Waals surface area (Å²) in [5.74, 6) is 1.79. The number of Topliss-reactive ketones (excluding diaryl/α,β-unsaturated/α-hetero) is 1. The van der Waals surface area contributed by atoms with Crippen molar-refractivity contribution in [1.82, 2.24) is 9.47 Å². The van der Waals surface area contributed by atoms with E-state index in [1.54, 1.807) is 14.0 Å². The van der Waals surface area contributed by atoms with Gasteiger partial charge in [0.15, 0.2) is 5.78 Å². The Kier molecular flexibility index (Phi) is 4.71. The number of fused-ring (bicyclic) bond motifs is 2. The second kappa shape index (κ2) is 7.13. The highest BCUT2D eigenvalue weighted by molar-refractivity contribution is 6.08. The number of ether oxygens (including phenoxy) is 2. The van der Waals surface area contributed by atoms with Crippen LogP contribution in [0, 0.1) is 5.92 Å². The molecule has 3 aliphatic rings. The van der Waals surface area contributed by atoms with Crippen LogP contribution < -0.4 is 4.74 Å². The molecule has 156 valence electrons. The molecule has 2 heterocycles. The van der Waals surface area contributed by atoms with Crippen LogP contribution in [-0.4, -0.2) is 53.2 Å². The molecule has 5 nitrogen and oxygen atoms in total. The van der Waals surface area contributed by atoms with E-state index in [0.717, 1.165) is 54.3 Å². The number of likely N-dealkylation sites (tertiary alicyclic amines) is 1. The number of carbonyl (C=O) groups is 1. The lowest BCUT2D eigenvalue weighted by Crippen LogP contribution is -2.24. The summed E-state index contributed by atoms with van der Waals surface area (Å²) in [6.45, 7) is 7.01. The number of ketones is 1. The maximum absolute atomic E-state index is 12.1. The number of methoxy groups -OCH3 is 1. The first-order valence-corrected chi connectivity index (χ1v) is 11.1. The number of benzene rings is 1. The minimum atomic E-state index is 0.104. The van der Waals surface area contributed by atoms with Crippen LogP contribution >= 0.6 is 0 Å². The van der Waals surface area contributed by atoms with Crippen LogP contribution in [0.25, 0.3) is 10.9 Å².